The number of thiol groups is 1. The summed E-state index contributed by atoms with van der Waals surface area (Å²) in [5.41, 5.74) is 6.79. The summed E-state index contributed by atoms with van der Waals surface area (Å²) in [4.78, 5) is 0. The summed E-state index contributed by atoms with van der Waals surface area (Å²) in [6.07, 6.45) is 15.1. The van der Waals surface area contributed by atoms with Gasteiger partial charge in [-0.2, -0.15) is 12.6 Å². The van der Waals surface area contributed by atoms with E-state index in [9.17, 15) is 0 Å². The van der Waals surface area contributed by atoms with Crippen LogP contribution in [0.15, 0.2) is 24.5 Å². The summed E-state index contributed by atoms with van der Waals surface area (Å²) >= 11 is 4.23. The van der Waals surface area contributed by atoms with E-state index in [4.69, 9.17) is 5.73 Å². The van der Waals surface area contributed by atoms with Crippen molar-refractivity contribution in [2.75, 3.05) is 5.75 Å². The standard InChI is InChI=1S/C16H28N2S.BrH/c17-15-16-9-12-18(13-10-16)11-7-5-3-1-2-4-6-8-14-19;/h9-10,12-13H,1-8,11,14-15,17H2;1H. The average molecular weight is 361 g/mol. The fourth-order valence-corrected chi connectivity index (χ4v) is 2.46. The minimum atomic E-state index is 0. The molecule has 0 amide bonds. The first-order chi connectivity index (χ1) is 9.36. The molecule has 0 aliphatic carbocycles. The fourth-order valence-electron chi connectivity index (χ4n) is 2.24. The molecule has 1 rings (SSSR count). The summed E-state index contributed by atoms with van der Waals surface area (Å²) < 4.78 is 2.26. The molecule has 0 aliphatic rings. The molecule has 0 aromatic carbocycles. The van der Waals surface area contributed by atoms with E-state index in [1.54, 1.807) is 0 Å². The third-order valence-corrected chi connectivity index (χ3v) is 3.84. The molecule has 1 aromatic heterocycles. The van der Waals surface area contributed by atoms with Crippen molar-refractivity contribution in [1.29, 1.82) is 0 Å². The Hall–Kier alpha value is -0.0600. The summed E-state index contributed by atoms with van der Waals surface area (Å²) in [7, 11) is 0. The number of pyridine rings is 1. The zero-order valence-electron chi connectivity index (χ0n) is 12.4. The van der Waals surface area contributed by atoms with Gasteiger partial charge in [0, 0.05) is 25.1 Å². The maximum atomic E-state index is 5.58. The second kappa shape index (κ2) is 13.9. The lowest BCUT2D eigenvalue weighted by Gasteiger charge is -2.01. The summed E-state index contributed by atoms with van der Waals surface area (Å²) in [6, 6.07) is 4.23. The molecule has 2 N–H and O–H groups in total. The topological polar surface area (TPSA) is 29.9 Å². The molecule has 0 saturated carbocycles. The van der Waals surface area contributed by atoms with Gasteiger partial charge in [0.25, 0.3) is 0 Å². The van der Waals surface area contributed by atoms with Crippen LogP contribution in [0.4, 0.5) is 0 Å². The molecular formula is C16H29BrN2S. The molecule has 116 valence electrons. The number of aromatic nitrogens is 1. The fraction of sp³-hybridized carbons (Fsp3) is 0.688. The third kappa shape index (κ3) is 9.78. The zero-order valence-corrected chi connectivity index (χ0v) is 14.9. The van der Waals surface area contributed by atoms with Crippen molar-refractivity contribution in [2.45, 2.75) is 64.5 Å². The predicted octanol–water partition coefficient (Wildman–Crippen LogP) is 0.487. The second-order valence-electron chi connectivity index (χ2n) is 5.20. The maximum Gasteiger partial charge on any atom is 0.169 e. The lowest BCUT2D eigenvalue weighted by atomic mass is 10.1. The number of nitrogens with zero attached hydrogens (tertiary/aromatic N) is 1. The second-order valence-corrected chi connectivity index (χ2v) is 5.65. The minimum absolute atomic E-state index is 0. The van der Waals surface area contributed by atoms with Crippen LogP contribution in [0.25, 0.3) is 0 Å². The first-order valence-electron chi connectivity index (χ1n) is 7.65. The summed E-state index contributed by atoms with van der Waals surface area (Å²) in [5, 5.41) is 0. The molecular weight excluding hydrogens is 332 g/mol. The Balaban J connectivity index is 0.00000361. The van der Waals surface area contributed by atoms with Gasteiger partial charge >= 0.3 is 0 Å². The van der Waals surface area contributed by atoms with Gasteiger partial charge in [-0.05, 0) is 24.2 Å². The zero-order chi connectivity index (χ0) is 13.8. The van der Waals surface area contributed by atoms with Crippen LogP contribution in [0.3, 0.4) is 0 Å². The highest BCUT2D eigenvalue weighted by Gasteiger charge is 2.00. The lowest BCUT2D eigenvalue weighted by Crippen LogP contribution is -3.00. The van der Waals surface area contributed by atoms with E-state index in [2.05, 4.69) is 41.7 Å². The third-order valence-electron chi connectivity index (χ3n) is 3.52. The van der Waals surface area contributed by atoms with Gasteiger partial charge in [0.2, 0.25) is 0 Å². The Bertz CT molecular complexity index is 317. The van der Waals surface area contributed by atoms with Crippen LogP contribution >= 0.6 is 12.6 Å². The van der Waals surface area contributed by atoms with E-state index in [0.29, 0.717) is 6.54 Å². The lowest BCUT2D eigenvalue weighted by molar-refractivity contribution is -0.697. The number of halogens is 1. The van der Waals surface area contributed by atoms with Crippen LogP contribution in [-0.4, -0.2) is 5.75 Å². The van der Waals surface area contributed by atoms with Gasteiger partial charge in [-0.1, -0.05) is 32.1 Å². The van der Waals surface area contributed by atoms with E-state index in [1.165, 1.54) is 56.9 Å². The summed E-state index contributed by atoms with van der Waals surface area (Å²) in [5.74, 6) is 1.04. The number of hydrogen-bond acceptors (Lipinski definition) is 2. The number of hydrogen-bond donors (Lipinski definition) is 2. The van der Waals surface area contributed by atoms with Crippen LogP contribution in [-0.2, 0) is 13.1 Å². The normalized spacial score (nSPS) is 10.3. The van der Waals surface area contributed by atoms with Crippen molar-refractivity contribution >= 4 is 12.6 Å². The molecule has 0 bridgehead atoms. The summed E-state index contributed by atoms with van der Waals surface area (Å²) in [6.45, 7) is 1.76. The van der Waals surface area contributed by atoms with E-state index in [1.807, 2.05) is 0 Å². The predicted molar refractivity (Wildman–Crippen MR) is 85.3 cm³/mol. The molecule has 2 nitrogen and oxygen atoms in total. The van der Waals surface area contributed by atoms with E-state index >= 15 is 0 Å². The van der Waals surface area contributed by atoms with Crippen molar-refractivity contribution < 1.29 is 21.5 Å². The number of aryl methyl sites for hydroxylation is 1. The van der Waals surface area contributed by atoms with E-state index in [0.717, 1.165) is 12.3 Å². The van der Waals surface area contributed by atoms with Crippen molar-refractivity contribution in [3.8, 4) is 0 Å². The minimum Gasteiger partial charge on any atom is -1.00 e. The van der Waals surface area contributed by atoms with Gasteiger partial charge in [-0.15, -0.1) is 0 Å². The molecule has 0 fully saturated rings. The molecule has 1 aromatic rings. The highest BCUT2D eigenvalue weighted by Crippen LogP contribution is 2.08. The molecule has 0 saturated heterocycles. The molecule has 0 aliphatic heterocycles. The smallest absolute Gasteiger partial charge is 0.169 e. The van der Waals surface area contributed by atoms with Gasteiger partial charge in [0.15, 0.2) is 12.4 Å². The first-order valence-corrected chi connectivity index (χ1v) is 8.29. The van der Waals surface area contributed by atoms with Crippen LogP contribution in [0, 0.1) is 0 Å². The Kier molecular flexibility index (Phi) is 13.9. The van der Waals surface area contributed by atoms with E-state index < -0.39 is 0 Å². The molecule has 0 unspecified atom stereocenters. The quantitative estimate of drug-likeness (QED) is 0.335. The van der Waals surface area contributed by atoms with Crippen molar-refractivity contribution in [2.24, 2.45) is 5.73 Å². The molecule has 0 spiro atoms. The molecule has 1 heterocycles. The van der Waals surface area contributed by atoms with Gasteiger partial charge in [0.05, 0.1) is 0 Å². The highest BCUT2D eigenvalue weighted by atomic mass is 79.9. The first kappa shape index (κ1) is 19.9. The Labute approximate surface area is 140 Å². The molecule has 0 radical (unpaired) electrons. The van der Waals surface area contributed by atoms with Crippen LogP contribution < -0.4 is 27.3 Å². The van der Waals surface area contributed by atoms with Crippen molar-refractivity contribution in [3.63, 3.8) is 0 Å². The Morgan fingerprint density at radius 3 is 1.85 bits per heavy atom. The number of nitrogens with two attached hydrogens (primary N) is 1. The molecule has 0 atom stereocenters. The van der Waals surface area contributed by atoms with Gasteiger partial charge in [-0.25, -0.2) is 4.57 Å². The number of rotatable bonds is 11. The molecule has 4 heteroatoms. The van der Waals surface area contributed by atoms with Crippen molar-refractivity contribution in [3.05, 3.63) is 30.1 Å². The van der Waals surface area contributed by atoms with Gasteiger partial charge in [0.1, 0.15) is 6.54 Å². The average Bonchev–Trinajstić information content (AvgIpc) is 2.46. The van der Waals surface area contributed by atoms with Crippen molar-refractivity contribution in [1.82, 2.24) is 0 Å². The van der Waals surface area contributed by atoms with Crippen LogP contribution in [0.2, 0.25) is 0 Å². The van der Waals surface area contributed by atoms with E-state index in [-0.39, 0.29) is 17.0 Å². The SMILES string of the molecule is NCc1cc[n+](CCCCCCCCCCS)cc1.[Br-]. The monoisotopic (exact) mass is 360 g/mol. The van der Waals surface area contributed by atoms with Gasteiger partial charge in [-0.3, -0.25) is 0 Å². The largest absolute Gasteiger partial charge is 1.00 e. The Morgan fingerprint density at radius 2 is 1.35 bits per heavy atom. The van der Waals surface area contributed by atoms with Crippen LogP contribution in [0.1, 0.15) is 56.9 Å². The molecule has 20 heavy (non-hydrogen) atoms. The Morgan fingerprint density at radius 1 is 0.850 bits per heavy atom. The maximum absolute atomic E-state index is 5.58. The van der Waals surface area contributed by atoms with Gasteiger partial charge < -0.3 is 22.7 Å². The highest BCUT2D eigenvalue weighted by molar-refractivity contribution is 7.80. The number of unbranched alkanes of at least 4 members (excludes halogenated alkanes) is 7. The van der Waals surface area contributed by atoms with Crippen LogP contribution in [0.5, 0.6) is 0 Å².